The molecule has 0 spiro atoms. The van der Waals surface area contributed by atoms with Gasteiger partial charge in [-0.2, -0.15) is 0 Å². The predicted octanol–water partition coefficient (Wildman–Crippen LogP) is 2.27. The maximum Gasteiger partial charge on any atom is 0.177 e. The van der Waals surface area contributed by atoms with E-state index in [0.717, 1.165) is 24.2 Å². The first-order valence-corrected chi connectivity index (χ1v) is 7.18. The van der Waals surface area contributed by atoms with Crippen LogP contribution in [0.25, 0.3) is 0 Å². The van der Waals surface area contributed by atoms with E-state index in [1.165, 1.54) is 5.69 Å². The van der Waals surface area contributed by atoms with Crippen molar-refractivity contribution < 1.29 is 4.21 Å². The van der Waals surface area contributed by atoms with Crippen LogP contribution in [0.5, 0.6) is 0 Å². The van der Waals surface area contributed by atoms with Gasteiger partial charge in [-0.25, -0.2) is 0 Å². The molecule has 2 unspecified atom stereocenters. The number of aryl methyl sites for hydroxylation is 1. The fraction of sp³-hybridized carbons (Fsp3) is 0.700. The second-order valence-electron chi connectivity index (χ2n) is 3.69. The van der Waals surface area contributed by atoms with Gasteiger partial charge in [0.15, 0.2) is 4.77 Å². The second-order valence-corrected chi connectivity index (χ2v) is 5.88. The van der Waals surface area contributed by atoms with Crippen LogP contribution in [0.4, 0.5) is 0 Å². The molecule has 1 aromatic rings. The Labute approximate surface area is 98.4 Å². The molecule has 3 nitrogen and oxygen atoms in total. The maximum absolute atomic E-state index is 11.2. The van der Waals surface area contributed by atoms with Gasteiger partial charge in [0.1, 0.15) is 0 Å². The fourth-order valence-electron chi connectivity index (χ4n) is 1.45. The predicted molar refractivity (Wildman–Crippen MR) is 67.1 cm³/mol. The molecule has 0 fully saturated rings. The SMILES string of the molecule is CCc1c[nH]c(=S)n1CCC(C)S(C)=O. The Morgan fingerprint density at radius 3 is 2.87 bits per heavy atom. The molecule has 0 aliphatic carbocycles. The number of H-pyrrole nitrogens is 1. The molecule has 15 heavy (non-hydrogen) atoms. The Kier molecular flexibility index (Phi) is 4.73. The van der Waals surface area contributed by atoms with Crippen LogP contribution in [0, 0.1) is 4.77 Å². The van der Waals surface area contributed by atoms with Gasteiger partial charge in [0.25, 0.3) is 0 Å². The molecule has 1 heterocycles. The van der Waals surface area contributed by atoms with Crippen molar-refractivity contribution in [1.29, 1.82) is 0 Å². The van der Waals surface area contributed by atoms with Crippen LogP contribution in [0.15, 0.2) is 6.20 Å². The van der Waals surface area contributed by atoms with Gasteiger partial charge < -0.3 is 9.55 Å². The highest BCUT2D eigenvalue weighted by molar-refractivity contribution is 7.84. The van der Waals surface area contributed by atoms with E-state index < -0.39 is 10.8 Å². The zero-order valence-electron chi connectivity index (χ0n) is 9.45. The minimum Gasteiger partial charge on any atom is -0.337 e. The Morgan fingerprint density at radius 1 is 1.67 bits per heavy atom. The highest BCUT2D eigenvalue weighted by Crippen LogP contribution is 2.07. The Hall–Kier alpha value is -0.420. The van der Waals surface area contributed by atoms with Gasteiger partial charge in [-0.15, -0.1) is 0 Å². The van der Waals surface area contributed by atoms with Crippen LogP contribution in [-0.2, 0) is 23.8 Å². The monoisotopic (exact) mass is 246 g/mol. The quantitative estimate of drug-likeness (QED) is 0.809. The molecule has 0 aliphatic heterocycles. The Balaban J connectivity index is 2.68. The minimum atomic E-state index is -0.745. The van der Waals surface area contributed by atoms with E-state index in [4.69, 9.17) is 12.2 Å². The number of imidazole rings is 1. The third kappa shape index (κ3) is 3.28. The molecule has 1 rings (SSSR count). The smallest absolute Gasteiger partial charge is 0.177 e. The molecule has 0 amide bonds. The van der Waals surface area contributed by atoms with Crippen LogP contribution < -0.4 is 0 Å². The zero-order valence-corrected chi connectivity index (χ0v) is 11.1. The lowest BCUT2D eigenvalue weighted by Crippen LogP contribution is -2.14. The van der Waals surface area contributed by atoms with Crippen molar-refractivity contribution in [2.75, 3.05) is 6.26 Å². The van der Waals surface area contributed by atoms with Crippen molar-refractivity contribution in [2.45, 2.75) is 38.5 Å². The molecule has 1 aromatic heterocycles. The zero-order chi connectivity index (χ0) is 11.4. The lowest BCUT2D eigenvalue weighted by atomic mass is 10.3. The average Bonchev–Trinajstić information content (AvgIpc) is 2.55. The average molecular weight is 246 g/mol. The van der Waals surface area contributed by atoms with Crippen LogP contribution in [0.3, 0.4) is 0 Å². The molecule has 0 radical (unpaired) electrons. The van der Waals surface area contributed by atoms with E-state index in [1.54, 1.807) is 6.26 Å². The minimum absolute atomic E-state index is 0.228. The number of rotatable bonds is 5. The summed E-state index contributed by atoms with van der Waals surface area (Å²) in [5.74, 6) is 0. The summed E-state index contributed by atoms with van der Waals surface area (Å²) >= 11 is 5.19. The van der Waals surface area contributed by atoms with E-state index >= 15 is 0 Å². The van der Waals surface area contributed by atoms with E-state index in [2.05, 4.69) is 16.5 Å². The van der Waals surface area contributed by atoms with Gasteiger partial charge in [0.05, 0.1) is 0 Å². The van der Waals surface area contributed by atoms with Crippen LogP contribution in [0.1, 0.15) is 26.0 Å². The summed E-state index contributed by atoms with van der Waals surface area (Å²) in [6.07, 6.45) is 5.58. The van der Waals surface area contributed by atoms with E-state index in [1.807, 2.05) is 13.1 Å². The first-order valence-electron chi connectivity index (χ1n) is 5.15. The van der Waals surface area contributed by atoms with Crippen molar-refractivity contribution in [2.24, 2.45) is 0 Å². The first-order chi connectivity index (χ1) is 7.06. The van der Waals surface area contributed by atoms with Crippen molar-refractivity contribution in [3.63, 3.8) is 0 Å². The first kappa shape index (κ1) is 12.6. The highest BCUT2D eigenvalue weighted by atomic mass is 32.2. The number of nitrogens with zero attached hydrogens (tertiary/aromatic N) is 1. The largest absolute Gasteiger partial charge is 0.337 e. The van der Waals surface area contributed by atoms with Gasteiger partial charge in [0, 0.05) is 40.7 Å². The molecule has 0 aromatic carbocycles. The molecular weight excluding hydrogens is 228 g/mol. The van der Waals surface area contributed by atoms with E-state index in [0.29, 0.717) is 0 Å². The summed E-state index contributed by atoms with van der Waals surface area (Å²) in [6.45, 7) is 4.97. The molecular formula is C10H18N2OS2. The van der Waals surface area contributed by atoms with Crippen molar-refractivity contribution in [1.82, 2.24) is 9.55 Å². The summed E-state index contributed by atoms with van der Waals surface area (Å²) in [7, 11) is -0.745. The van der Waals surface area contributed by atoms with Gasteiger partial charge in [0.2, 0.25) is 0 Å². The highest BCUT2D eigenvalue weighted by Gasteiger charge is 2.08. The summed E-state index contributed by atoms with van der Waals surface area (Å²) < 4.78 is 14.1. The normalized spacial score (nSPS) is 15.1. The van der Waals surface area contributed by atoms with Gasteiger partial charge in [-0.05, 0) is 25.1 Å². The molecule has 0 bridgehead atoms. The lowest BCUT2D eigenvalue weighted by molar-refractivity contribution is 0.598. The topological polar surface area (TPSA) is 37.8 Å². The molecule has 1 N–H and O–H groups in total. The third-order valence-corrected chi connectivity index (χ3v) is 4.35. The maximum atomic E-state index is 11.2. The molecule has 2 atom stereocenters. The van der Waals surface area contributed by atoms with Crippen molar-refractivity contribution in [3.8, 4) is 0 Å². The molecule has 5 heteroatoms. The third-order valence-electron chi connectivity index (χ3n) is 2.64. The van der Waals surface area contributed by atoms with Gasteiger partial charge >= 0.3 is 0 Å². The molecule has 0 aliphatic rings. The summed E-state index contributed by atoms with van der Waals surface area (Å²) in [4.78, 5) is 3.04. The molecule has 86 valence electrons. The number of nitrogens with one attached hydrogen (secondary N) is 1. The van der Waals surface area contributed by atoms with Crippen LogP contribution in [-0.4, -0.2) is 25.3 Å². The molecule has 0 saturated carbocycles. The van der Waals surface area contributed by atoms with Gasteiger partial charge in [-0.3, -0.25) is 4.21 Å². The van der Waals surface area contributed by atoms with Crippen molar-refractivity contribution >= 4 is 23.0 Å². The Bertz CT molecular complexity index is 394. The number of aromatic nitrogens is 2. The standard InChI is InChI=1S/C10H18N2OS2/c1-4-9-7-11-10(14)12(9)6-5-8(2)15(3)13/h7-8H,4-6H2,1-3H3,(H,11,14). The van der Waals surface area contributed by atoms with E-state index in [9.17, 15) is 4.21 Å². The number of aromatic amines is 1. The van der Waals surface area contributed by atoms with Gasteiger partial charge in [-0.1, -0.05) is 13.8 Å². The number of hydrogen-bond acceptors (Lipinski definition) is 2. The van der Waals surface area contributed by atoms with Crippen LogP contribution in [0.2, 0.25) is 0 Å². The summed E-state index contributed by atoms with van der Waals surface area (Å²) in [6, 6.07) is 0. The van der Waals surface area contributed by atoms with Crippen molar-refractivity contribution in [3.05, 3.63) is 16.7 Å². The number of hydrogen-bond donors (Lipinski definition) is 1. The second kappa shape index (κ2) is 5.61. The lowest BCUT2D eigenvalue weighted by Gasteiger charge is -2.10. The van der Waals surface area contributed by atoms with E-state index in [-0.39, 0.29) is 5.25 Å². The summed E-state index contributed by atoms with van der Waals surface area (Å²) in [5, 5.41) is 0.228. The molecule has 0 saturated heterocycles. The fourth-order valence-corrected chi connectivity index (χ4v) is 2.15. The summed E-state index contributed by atoms with van der Waals surface area (Å²) in [5.41, 5.74) is 1.22. The van der Waals surface area contributed by atoms with Crippen LogP contribution >= 0.6 is 12.2 Å². The Morgan fingerprint density at radius 2 is 2.33 bits per heavy atom.